The molecule has 21 heavy (non-hydrogen) atoms. The standard InChI is InChI=1S/C14H16N4O3/c1-21-12-8-10(15)2-3-11(12)17-13(19)5-7-18-9-16-6-4-14(18)20/h2-4,6,8-9H,5,7,15H2,1H3,(H,17,19). The Morgan fingerprint density at radius 1 is 1.43 bits per heavy atom. The van der Waals surface area contributed by atoms with Gasteiger partial charge in [-0.1, -0.05) is 0 Å². The molecule has 0 bridgehead atoms. The van der Waals surface area contributed by atoms with Crippen molar-refractivity contribution in [2.45, 2.75) is 13.0 Å². The summed E-state index contributed by atoms with van der Waals surface area (Å²) in [5, 5.41) is 2.72. The Bertz CT molecular complexity index is 697. The van der Waals surface area contributed by atoms with Gasteiger partial charge in [0.25, 0.3) is 5.56 Å². The fraction of sp³-hybridized carbons (Fsp3) is 0.214. The van der Waals surface area contributed by atoms with Gasteiger partial charge in [-0.15, -0.1) is 0 Å². The molecule has 7 heteroatoms. The maximum atomic E-state index is 11.9. The normalized spacial score (nSPS) is 10.1. The summed E-state index contributed by atoms with van der Waals surface area (Å²) < 4.78 is 6.52. The largest absolute Gasteiger partial charge is 0.494 e. The fourth-order valence-electron chi connectivity index (χ4n) is 1.79. The van der Waals surface area contributed by atoms with Crippen LogP contribution in [0.5, 0.6) is 5.75 Å². The third kappa shape index (κ3) is 3.82. The van der Waals surface area contributed by atoms with Crippen molar-refractivity contribution < 1.29 is 9.53 Å². The van der Waals surface area contributed by atoms with Crippen molar-refractivity contribution >= 4 is 17.3 Å². The first-order chi connectivity index (χ1) is 10.1. The zero-order valence-electron chi connectivity index (χ0n) is 11.6. The summed E-state index contributed by atoms with van der Waals surface area (Å²) in [6.45, 7) is 0.260. The molecule has 0 aliphatic heterocycles. The topological polar surface area (TPSA) is 99.2 Å². The number of nitrogen functional groups attached to an aromatic ring is 1. The zero-order chi connectivity index (χ0) is 15.2. The van der Waals surface area contributed by atoms with E-state index in [2.05, 4.69) is 10.3 Å². The minimum atomic E-state index is -0.228. The lowest BCUT2D eigenvalue weighted by Crippen LogP contribution is -2.22. The number of methoxy groups -OCH3 is 1. The number of nitrogens with one attached hydrogen (secondary N) is 1. The first kappa shape index (κ1) is 14.6. The highest BCUT2D eigenvalue weighted by atomic mass is 16.5. The molecule has 0 saturated carbocycles. The maximum Gasteiger partial charge on any atom is 0.253 e. The van der Waals surface area contributed by atoms with E-state index in [1.165, 1.54) is 30.3 Å². The highest BCUT2D eigenvalue weighted by Gasteiger charge is 2.08. The number of ether oxygens (including phenoxy) is 1. The number of anilines is 2. The maximum absolute atomic E-state index is 11.9. The lowest BCUT2D eigenvalue weighted by Gasteiger charge is -2.11. The van der Waals surface area contributed by atoms with Gasteiger partial charge < -0.3 is 15.8 Å². The second kappa shape index (κ2) is 6.56. The summed E-state index contributed by atoms with van der Waals surface area (Å²) in [6, 6.07) is 6.31. The van der Waals surface area contributed by atoms with Crippen LogP contribution in [0, 0.1) is 0 Å². The fourth-order valence-corrected chi connectivity index (χ4v) is 1.79. The second-order valence-corrected chi connectivity index (χ2v) is 4.37. The zero-order valence-corrected chi connectivity index (χ0v) is 11.6. The lowest BCUT2D eigenvalue weighted by atomic mass is 10.2. The molecule has 2 rings (SSSR count). The van der Waals surface area contributed by atoms with Crippen molar-refractivity contribution in [2.75, 3.05) is 18.2 Å². The second-order valence-electron chi connectivity index (χ2n) is 4.37. The van der Waals surface area contributed by atoms with Gasteiger partial charge in [-0.2, -0.15) is 0 Å². The van der Waals surface area contributed by atoms with Gasteiger partial charge in [0.15, 0.2) is 0 Å². The summed E-state index contributed by atoms with van der Waals surface area (Å²) in [5.74, 6) is 0.260. The molecule has 7 nitrogen and oxygen atoms in total. The smallest absolute Gasteiger partial charge is 0.253 e. The number of aromatic nitrogens is 2. The molecule has 2 aromatic rings. The van der Waals surface area contributed by atoms with E-state index in [0.29, 0.717) is 17.1 Å². The molecular weight excluding hydrogens is 272 g/mol. The molecule has 0 saturated heterocycles. The van der Waals surface area contributed by atoms with Crippen molar-refractivity contribution in [1.29, 1.82) is 0 Å². The van der Waals surface area contributed by atoms with Crippen molar-refractivity contribution in [2.24, 2.45) is 0 Å². The molecule has 0 radical (unpaired) electrons. The molecule has 0 fully saturated rings. The highest BCUT2D eigenvalue weighted by molar-refractivity contribution is 5.92. The molecule has 3 N–H and O–H groups in total. The number of amides is 1. The molecule has 0 spiro atoms. The number of nitrogens with zero attached hydrogens (tertiary/aromatic N) is 2. The van der Waals surface area contributed by atoms with Crippen LogP contribution >= 0.6 is 0 Å². The van der Waals surface area contributed by atoms with Gasteiger partial charge in [0.2, 0.25) is 5.91 Å². The number of rotatable bonds is 5. The van der Waals surface area contributed by atoms with Gasteiger partial charge in [-0.05, 0) is 12.1 Å². The van der Waals surface area contributed by atoms with Gasteiger partial charge in [0, 0.05) is 37.0 Å². The molecule has 0 aliphatic rings. The average Bonchev–Trinajstić information content (AvgIpc) is 2.48. The number of hydrogen-bond acceptors (Lipinski definition) is 5. The molecule has 0 aliphatic carbocycles. The first-order valence-corrected chi connectivity index (χ1v) is 6.34. The molecule has 1 amide bonds. The first-order valence-electron chi connectivity index (χ1n) is 6.34. The Kier molecular flexibility index (Phi) is 4.55. The van der Waals surface area contributed by atoms with Crippen LogP contribution in [0.1, 0.15) is 6.42 Å². The number of carbonyl (C=O) groups excluding carboxylic acids is 1. The van der Waals surface area contributed by atoms with Crippen LogP contribution in [-0.2, 0) is 11.3 Å². The van der Waals surface area contributed by atoms with E-state index < -0.39 is 0 Å². The van der Waals surface area contributed by atoms with Crippen molar-refractivity contribution in [3.05, 3.63) is 47.1 Å². The SMILES string of the molecule is COc1cc(N)ccc1NC(=O)CCn1cnccc1=O. The molecule has 0 unspecified atom stereocenters. The monoisotopic (exact) mass is 288 g/mol. The highest BCUT2D eigenvalue weighted by Crippen LogP contribution is 2.26. The summed E-state index contributed by atoms with van der Waals surface area (Å²) in [4.78, 5) is 27.2. The number of hydrogen-bond donors (Lipinski definition) is 2. The summed E-state index contributed by atoms with van der Waals surface area (Å²) >= 11 is 0. The van der Waals surface area contributed by atoms with Crippen LogP contribution in [0.15, 0.2) is 41.6 Å². The quantitative estimate of drug-likeness (QED) is 0.795. The third-order valence-corrected chi connectivity index (χ3v) is 2.87. The van der Waals surface area contributed by atoms with E-state index in [9.17, 15) is 9.59 Å². The van der Waals surface area contributed by atoms with Crippen LogP contribution in [0.2, 0.25) is 0 Å². The predicted octanol–water partition coefficient (Wildman–Crippen LogP) is 0.863. The van der Waals surface area contributed by atoms with Crippen LogP contribution in [0.4, 0.5) is 11.4 Å². The van der Waals surface area contributed by atoms with Crippen LogP contribution in [0.25, 0.3) is 0 Å². The van der Waals surface area contributed by atoms with E-state index in [0.717, 1.165) is 0 Å². The average molecular weight is 288 g/mol. The lowest BCUT2D eigenvalue weighted by molar-refractivity contribution is -0.116. The Morgan fingerprint density at radius 3 is 2.95 bits per heavy atom. The summed E-state index contributed by atoms with van der Waals surface area (Å²) in [7, 11) is 1.50. The van der Waals surface area contributed by atoms with Crippen molar-refractivity contribution in [3.63, 3.8) is 0 Å². The van der Waals surface area contributed by atoms with Gasteiger partial charge >= 0.3 is 0 Å². The molecule has 1 aromatic heterocycles. The Hall–Kier alpha value is -2.83. The number of aryl methyl sites for hydroxylation is 1. The van der Waals surface area contributed by atoms with Gasteiger partial charge in [-0.25, -0.2) is 4.98 Å². The van der Waals surface area contributed by atoms with Crippen LogP contribution in [0.3, 0.4) is 0 Å². The van der Waals surface area contributed by atoms with E-state index in [1.54, 1.807) is 18.2 Å². The number of nitrogens with two attached hydrogens (primary N) is 1. The number of carbonyl (C=O) groups is 1. The van der Waals surface area contributed by atoms with E-state index in [4.69, 9.17) is 10.5 Å². The Balaban J connectivity index is 1.99. The summed E-state index contributed by atoms with van der Waals surface area (Å²) in [5.41, 5.74) is 6.54. The number of benzene rings is 1. The molecular formula is C14H16N4O3. The Morgan fingerprint density at radius 2 is 2.24 bits per heavy atom. The van der Waals surface area contributed by atoms with Gasteiger partial charge in [-0.3, -0.25) is 14.2 Å². The van der Waals surface area contributed by atoms with Crippen molar-refractivity contribution in [3.8, 4) is 5.75 Å². The van der Waals surface area contributed by atoms with E-state index >= 15 is 0 Å². The van der Waals surface area contributed by atoms with E-state index in [1.807, 2.05) is 0 Å². The summed E-state index contributed by atoms with van der Waals surface area (Å²) in [6.07, 6.45) is 2.97. The molecule has 1 aromatic carbocycles. The van der Waals surface area contributed by atoms with Gasteiger partial charge in [0.05, 0.1) is 19.1 Å². The van der Waals surface area contributed by atoms with Gasteiger partial charge in [0.1, 0.15) is 5.75 Å². The van der Waals surface area contributed by atoms with Crippen LogP contribution in [-0.4, -0.2) is 22.6 Å². The molecule has 0 atom stereocenters. The van der Waals surface area contributed by atoms with Crippen LogP contribution < -0.4 is 21.3 Å². The van der Waals surface area contributed by atoms with Crippen molar-refractivity contribution in [1.82, 2.24) is 9.55 Å². The molecule has 110 valence electrons. The minimum Gasteiger partial charge on any atom is -0.494 e. The minimum absolute atomic E-state index is 0.152. The Labute approximate surface area is 121 Å². The predicted molar refractivity (Wildman–Crippen MR) is 79.2 cm³/mol. The third-order valence-electron chi connectivity index (χ3n) is 2.87. The molecule has 1 heterocycles. The van der Waals surface area contributed by atoms with E-state index in [-0.39, 0.29) is 24.4 Å².